The largest absolute Gasteiger partial charge is 0.377 e. The van der Waals surface area contributed by atoms with Crippen molar-refractivity contribution in [2.75, 3.05) is 13.7 Å². The van der Waals surface area contributed by atoms with E-state index in [1.807, 2.05) is 0 Å². The maximum atomic E-state index is 13.6. The van der Waals surface area contributed by atoms with Crippen LogP contribution in [0.5, 0.6) is 0 Å². The Hall–Kier alpha value is -1.18. The fourth-order valence-electron chi connectivity index (χ4n) is 1.29. The SMILES string of the molecule is COC(C)(C)CNC(=O)c1cc(S(=O)(=O)Cl)ccc1F. The Bertz CT molecular complexity index is 616. The first kappa shape index (κ1) is 16.9. The summed E-state index contributed by atoms with van der Waals surface area (Å²) in [6, 6.07) is 2.77. The molecular weight excluding hydrogens is 309 g/mol. The number of carbonyl (C=O) groups excluding carboxylic acids is 1. The fourth-order valence-corrected chi connectivity index (χ4v) is 2.07. The molecular formula is C12H15ClFNO4S. The number of nitrogens with one attached hydrogen (secondary N) is 1. The highest BCUT2D eigenvalue weighted by Gasteiger charge is 2.21. The molecule has 1 N–H and O–H groups in total. The molecule has 1 aromatic carbocycles. The van der Waals surface area contributed by atoms with Crippen LogP contribution in [0, 0.1) is 5.82 Å². The Morgan fingerprint density at radius 2 is 2.05 bits per heavy atom. The minimum atomic E-state index is -4.02. The highest BCUT2D eigenvalue weighted by Crippen LogP contribution is 2.19. The molecule has 0 unspecified atom stereocenters. The summed E-state index contributed by atoms with van der Waals surface area (Å²) >= 11 is 0. The number of benzene rings is 1. The molecule has 5 nitrogen and oxygen atoms in total. The third-order valence-corrected chi connectivity index (χ3v) is 4.04. The predicted molar refractivity (Wildman–Crippen MR) is 72.9 cm³/mol. The summed E-state index contributed by atoms with van der Waals surface area (Å²) in [6.07, 6.45) is 0. The molecule has 0 aliphatic heterocycles. The molecule has 0 spiro atoms. The Balaban J connectivity index is 2.99. The molecule has 8 heteroatoms. The summed E-state index contributed by atoms with van der Waals surface area (Å²) in [5.41, 5.74) is -1.01. The summed E-state index contributed by atoms with van der Waals surface area (Å²) in [6.45, 7) is 3.62. The first-order chi connectivity index (χ1) is 9.07. The molecule has 20 heavy (non-hydrogen) atoms. The third kappa shape index (κ3) is 4.43. The van der Waals surface area contributed by atoms with Crippen molar-refractivity contribution in [3.8, 4) is 0 Å². The summed E-state index contributed by atoms with van der Waals surface area (Å²) in [7, 11) is 2.61. The van der Waals surface area contributed by atoms with Gasteiger partial charge in [0.15, 0.2) is 0 Å². The number of hydrogen-bond donors (Lipinski definition) is 1. The van der Waals surface area contributed by atoms with Crippen molar-refractivity contribution in [1.82, 2.24) is 5.32 Å². The number of rotatable bonds is 5. The second-order valence-electron chi connectivity index (χ2n) is 4.73. The lowest BCUT2D eigenvalue weighted by Crippen LogP contribution is -2.40. The molecule has 1 rings (SSSR count). The average molecular weight is 324 g/mol. The number of halogens is 2. The third-order valence-electron chi connectivity index (χ3n) is 2.69. The van der Waals surface area contributed by atoms with Gasteiger partial charge >= 0.3 is 0 Å². The zero-order chi connectivity index (χ0) is 15.6. The molecule has 0 atom stereocenters. The predicted octanol–water partition coefficient (Wildman–Crippen LogP) is 1.91. The van der Waals surface area contributed by atoms with Crippen LogP contribution in [0.4, 0.5) is 4.39 Å². The highest BCUT2D eigenvalue weighted by molar-refractivity contribution is 8.13. The fraction of sp³-hybridized carbons (Fsp3) is 0.417. The normalized spacial score (nSPS) is 12.2. The molecule has 0 heterocycles. The Morgan fingerprint density at radius 3 is 2.55 bits per heavy atom. The van der Waals surface area contributed by atoms with Crippen LogP contribution >= 0.6 is 10.7 Å². The lowest BCUT2D eigenvalue weighted by molar-refractivity contribution is 0.0228. The van der Waals surface area contributed by atoms with E-state index in [1.54, 1.807) is 13.8 Å². The molecule has 0 radical (unpaired) electrons. The smallest absolute Gasteiger partial charge is 0.261 e. The van der Waals surface area contributed by atoms with Crippen molar-refractivity contribution in [2.45, 2.75) is 24.3 Å². The summed E-state index contributed by atoms with van der Waals surface area (Å²) in [5.74, 6) is -1.57. The molecule has 0 aliphatic rings. The van der Waals surface area contributed by atoms with E-state index in [0.717, 1.165) is 18.2 Å². The van der Waals surface area contributed by atoms with Crippen molar-refractivity contribution in [1.29, 1.82) is 0 Å². The van der Waals surface area contributed by atoms with E-state index in [1.165, 1.54) is 7.11 Å². The van der Waals surface area contributed by atoms with Gasteiger partial charge in [-0.3, -0.25) is 4.79 Å². The van der Waals surface area contributed by atoms with Crippen LogP contribution in [0.15, 0.2) is 23.1 Å². The Labute approximate surface area is 121 Å². The topological polar surface area (TPSA) is 72.5 Å². The zero-order valence-corrected chi connectivity index (χ0v) is 12.8. The lowest BCUT2D eigenvalue weighted by atomic mass is 10.1. The molecule has 0 saturated heterocycles. The van der Waals surface area contributed by atoms with E-state index in [0.29, 0.717) is 0 Å². The van der Waals surface area contributed by atoms with Crippen LogP contribution in [0.25, 0.3) is 0 Å². The molecule has 1 aromatic rings. The van der Waals surface area contributed by atoms with Crippen LogP contribution < -0.4 is 5.32 Å². The van der Waals surface area contributed by atoms with Gasteiger partial charge in [0.2, 0.25) is 0 Å². The van der Waals surface area contributed by atoms with E-state index in [-0.39, 0.29) is 11.4 Å². The van der Waals surface area contributed by atoms with Crippen LogP contribution in [-0.4, -0.2) is 33.6 Å². The summed E-state index contributed by atoms with van der Waals surface area (Å²) in [5, 5.41) is 2.47. The molecule has 0 fully saturated rings. The van der Waals surface area contributed by atoms with Crippen LogP contribution in [0.2, 0.25) is 0 Å². The van der Waals surface area contributed by atoms with Crippen molar-refractivity contribution in [2.24, 2.45) is 0 Å². The second-order valence-corrected chi connectivity index (χ2v) is 7.29. The Morgan fingerprint density at radius 1 is 1.45 bits per heavy atom. The van der Waals surface area contributed by atoms with Gasteiger partial charge in [0.25, 0.3) is 15.0 Å². The van der Waals surface area contributed by atoms with Gasteiger partial charge in [-0.1, -0.05) is 0 Å². The van der Waals surface area contributed by atoms with E-state index in [2.05, 4.69) is 5.32 Å². The second kappa shape index (κ2) is 6.07. The monoisotopic (exact) mass is 323 g/mol. The highest BCUT2D eigenvalue weighted by atomic mass is 35.7. The van der Waals surface area contributed by atoms with Gasteiger partial charge in [-0.05, 0) is 32.0 Å². The molecule has 1 amide bonds. The summed E-state index contributed by atoms with van der Waals surface area (Å²) < 4.78 is 41.0. The minimum absolute atomic E-state index is 0.139. The van der Waals surface area contributed by atoms with Gasteiger partial charge in [0.05, 0.1) is 16.1 Å². The first-order valence-electron chi connectivity index (χ1n) is 5.64. The standard InChI is InChI=1S/C12H15ClFNO4S/c1-12(2,19-3)7-15-11(16)9-6-8(20(13,17)18)4-5-10(9)14/h4-6H,7H2,1-3H3,(H,15,16). The maximum Gasteiger partial charge on any atom is 0.261 e. The van der Waals surface area contributed by atoms with Gasteiger partial charge in [0, 0.05) is 24.3 Å². The number of amides is 1. The average Bonchev–Trinajstić information content (AvgIpc) is 2.35. The quantitative estimate of drug-likeness (QED) is 0.840. The molecule has 0 aliphatic carbocycles. The minimum Gasteiger partial charge on any atom is -0.377 e. The van der Waals surface area contributed by atoms with Crippen molar-refractivity contribution in [3.05, 3.63) is 29.6 Å². The lowest BCUT2D eigenvalue weighted by Gasteiger charge is -2.23. The molecule has 0 bridgehead atoms. The number of methoxy groups -OCH3 is 1. The molecule has 112 valence electrons. The zero-order valence-electron chi connectivity index (χ0n) is 11.2. The summed E-state index contributed by atoms with van der Waals surface area (Å²) in [4.78, 5) is 11.5. The van der Waals surface area contributed by atoms with E-state index in [4.69, 9.17) is 15.4 Å². The van der Waals surface area contributed by atoms with Crippen LogP contribution in [0.1, 0.15) is 24.2 Å². The van der Waals surface area contributed by atoms with E-state index < -0.39 is 31.9 Å². The van der Waals surface area contributed by atoms with E-state index in [9.17, 15) is 17.6 Å². The van der Waals surface area contributed by atoms with Gasteiger partial charge in [0.1, 0.15) is 5.82 Å². The molecule has 0 aromatic heterocycles. The van der Waals surface area contributed by atoms with Crippen molar-refractivity contribution >= 4 is 25.6 Å². The Kier molecular flexibility index (Phi) is 5.12. The first-order valence-corrected chi connectivity index (χ1v) is 7.95. The number of carbonyl (C=O) groups is 1. The van der Waals surface area contributed by atoms with E-state index >= 15 is 0 Å². The van der Waals surface area contributed by atoms with Gasteiger partial charge in [-0.15, -0.1) is 0 Å². The number of ether oxygens (including phenoxy) is 1. The van der Waals surface area contributed by atoms with Crippen LogP contribution in [-0.2, 0) is 13.8 Å². The van der Waals surface area contributed by atoms with Gasteiger partial charge in [-0.2, -0.15) is 0 Å². The van der Waals surface area contributed by atoms with Crippen LogP contribution in [0.3, 0.4) is 0 Å². The number of hydrogen-bond acceptors (Lipinski definition) is 4. The van der Waals surface area contributed by atoms with Crippen molar-refractivity contribution in [3.63, 3.8) is 0 Å². The van der Waals surface area contributed by atoms with Crippen molar-refractivity contribution < 1.29 is 22.3 Å². The molecule has 0 saturated carbocycles. The maximum absolute atomic E-state index is 13.6. The van der Waals surface area contributed by atoms with Gasteiger partial charge < -0.3 is 10.1 Å². The van der Waals surface area contributed by atoms with Gasteiger partial charge in [-0.25, -0.2) is 12.8 Å².